The summed E-state index contributed by atoms with van der Waals surface area (Å²) in [5.74, 6) is 1.16. The first kappa shape index (κ1) is 13.5. The molecular weight excluding hydrogens is 268 g/mol. The van der Waals surface area contributed by atoms with Gasteiger partial charge in [0.25, 0.3) is 0 Å². The lowest BCUT2D eigenvalue weighted by Gasteiger charge is -2.14. The van der Waals surface area contributed by atoms with Crippen LogP contribution in [0.4, 0.5) is 0 Å². The van der Waals surface area contributed by atoms with Crippen LogP contribution in [0.15, 0.2) is 22.7 Å². The Morgan fingerprint density at radius 3 is 2.56 bits per heavy atom. The molecule has 90 valence electrons. The van der Waals surface area contributed by atoms with Crippen LogP contribution in [0.1, 0.15) is 25.8 Å². The van der Waals surface area contributed by atoms with E-state index in [1.807, 2.05) is 32.0 Å². The number of aliphatic hydroxyl groups is 1. The fourth-order valence-electron chi connectivity index (χ4n) is 1.51. The summed E-state index contributed by atoms with van der Waals surface area (Å²) in [4.78, 5) is 0. The van der Waals surface area contributed by atoms with E-state index in [0.29, 0.717) is 5.92 Å². The minimum atomic E-state index is -0.221. The quantitative estimate of drug-likeness (QED) is 0.899. The lowest BCUT2D eigenvalue weighted by molar-refractivity contribution is 0.116. The highest BCUT2D eigenvalue weighted by Crippen LogP contribution is 2.26. The van der Waals surface area contributed by atoms with E-state index < -0.39 is 0 Å². The Morgan fingerprint density at radius 1 is 1.38 bits per heavy atom. The molecule has 0 heterocycles. The third-order valence-electron chi connectivity index (χ3n) is 2.71. The first-order valence-corrected chi connectivity index (χ1v) is 6.34. The summed E-state index contributed by atoms with van der Waals surface area (Å²) in [6.07, 6.45) is 1.47. The van der Waals surface area contributed by atoms with Gasteiger partial charge in [0.15, 0.2) is 0 Å². The molecule has 1 aromatic rings. The zero-order valence-corrected chi connectivity index (χ0v) is 11.6. The number of ether oxygens (including phenoxy) is 1. The summed E-state index contributed by atoms with van der Waals surface area (Å²) in [7, 11) is 1.66. The summed E-state index contributed by atoms with van der Waals surface area (Å²) in [6, 6.07) is 6.03. The summed E-state index contributed by atoms with van der Waals surface area (Å²) >= 11 is 3.46. The Labute approximate surface area is 106 Å². The normalized spacial score (nSPS) is 12.9. The number of halogens is 1. The van der Waals surface area contributed by atoms with E-state index in [9.17, 15) is 5.11 Å². The Morgan fingerprint density at radius 2 is 2.06 bits per heavy atom. The maximum Gasteiger partial charge on any atom is 0.133 e. The highest BCUT2D eigenvalue weighted by atomic mass is 79.9. The van der Waals surface area contributed by atoms with Gasteiger partial charge in [-0.05, 0) is 52.4 Å². The number of benzene rings is 1. The summed E-state index contributed by atoms with van der Waals surface area (Å²) in [6.45, 7) is 4.07. The van der Waals surface area contributed by atoms with Crippen LogP contribution >= 0.6 is 15.9 Å². The summed E-state index contributed by atoms with van der Waals surface area (Å²) in [5.41, 5.74) is 1.22. The second-order valence-corrected chi connectivity index (χ2v) is 5.17. The maximum absolute atomic E-state index is 9.72. The van der Waals surface area contributed by atoms with Gasteiger partial charge in [-0.3, -0.25) is 0 Å². The summed E-state index contributed by atoms with van der Waals surface area (Å²) in [5, 5.41) is 9.72. The van der Waals surface area contributed by atoms with Crippen molar-refractivity contribution in [2.24, 2.45) is 5.92 Å². The van der Waals surface area contributed by atoms with Crippen molar-refractivity contribution < 1.29 is 9.84 Å². The molecule has 1 atom stereocenters. The molecule has 0 bridgehead atoms. The standard InChI is InChI=1S/C13H19BrO2/c1-9(2)12(15)6-4-10-5-7-13(16-3)11(14)8-10/h5,7-9,12,15H,4,6H2,1-3H3. The highest BCUT2D eigenvalue weighted by Gasteiger charge is 2.09. The van der Waals surface area contributed by atoms with Crippen LogP contribution in [0.3, 0.4) is 0 Å². The zero-order valence-electron chi connectivity index (χ0n) is 10.0. The molecule has 16 heavy (non-hydrogen) atoms. The molecule has 0 fully saturated rings. The number of aryl methyl sites for hydroxylation is 1. The van der Waals surface area contributed by atoms with Crippen LogP contribution < -0.4 is 4.74 Å². The van der Waals surface area contributed by atoms with Gasteiger partial charge in [-0.25, -0.2) is 0 Å². The van der Waals surface area contributed by atoms with E-state index in [1.54, 1.807) is 7.11 Å². The molecule has 0 saturated carbocycles. The van der Waals surface area contributed by atoms with E-state index in [1.165, 1.54) is 5.56 Å². The Balaban J connectivity index is 2.58. The Kier molecular flexibility index (Phi) is 5.29. The van der Waals surface area contributed by atoms with Crippen molar-refractivity contribution >= 4 is 15.9 Å². The van der Waals surface area contributed by atoms with Gasteiger partial charge < -0.3 is 9.84 Å². The van der Waals surface area contributed by atoms with Crippen LogP contribution in [-0.4, -0.2) is 18.3 Å². The number of hydrogen-bond acceptors (Lipinski definition) is 2. The van der Waals surface area contributed by atoms with E-state index in [2.05, 4.69) is 15.9 Å². The van der Waals surface area contributed by atoms with Gasteiger partial charge in [-0.2, -0.15) is 0 Å². The van der Waals surface area contributed by atoms with Crippen LogP contribution in [0.5, 0.6) is 5.75 Å². The topological polar surface area (TPSA) is 29.5 Å². The van der Waals surface area contributed by atoms with Crippen LogP contribution in [0.2, 0.25) is 0 Å². The lowest BCUT2D eigenvalue weighted by atomic mass is 9.99. The van der Waals surface area contributed by atoms with Crippen LogP contribution in [-0.2, 0) is 6.42 Å². The lowest BCUT2D eigenvalue weighted by Crippen LogP contribution is -2.15. The Hall–Kier alpha value is -0.540. The third-order valence-corrected chi connectivity index (χ3v) is 3.33. The molecule has 2 nitrogen and oxygen atoms in total. The van der Waals surface area contributed by atoms with Crippen LogP contribution in [0.25, 0.3) is 0 Å². The number of methoxy groups -OCH3 is 1. The van der Waals surface area contributed by atoms with Crippen molar-refractivity contribution in [1.82, 2.24) is 0 Å². The monoisotopic (exact) mass is 286 g/mol. The minimum Gasteiger partial charge on any atom is -0.496 e. The van der Waals surface area contributed by atoms with E-state index >= 15 is 0 Å². The van der Waals surface area contributed by atoms with Gasteiger partial charge in [0.2, 0.25) is 0 Å². The van der Waals surface area contributed by atoms with Crippen molar-refractivity contribution in [2.75, 3.05) is 7.11 Å². The van der Waals surface area contributed by atoms with Crippen molar-refractivity contribution in [3.05, 3.63) is 28.2 Å². The van der Waals surface area contributed by atoms with Gasteiger partial charge in [-0.1, -0.05) is 19.9 Å². The first-order chi connectivity index (χ1) is 7.54. The van der Waals surface area contributed by atoms with Crippen molar-refractivity contribution in [3.63, 3.8) is 0 Å². The van der Waals surface area contributed by atoms with E-state index in [-0.39, 0.29) is 6.10 Å². The predicted molar refractivity (Wildman–Crippen MR) is 69.9 cm³/mol. The molecule has 0 aliphatic carbocycles. The van der Waals surface area contributed by atoms with Gasteiger partial charge >= 0.3 is 0 Å². The largest absolute Gasteiger partial charge is 0.496 e. The number of aliphatic hydroxyl groups excluding tert-OH is 1. The molecule has 0 aliphatic rings. The average molecular weight is 287 g/mol. The second-order valence-electron chi connectivity index (χ2n) is 4.32. The van der Waals surface area contributed by atoms with Gasteiger partial charge in [0.1, 0.15) is 5.75 Å². The summed E-state index contributed by atoms with van der Waals surface area (Å²) < 4.78 is 6.13. The first-order valence-electron chi connectivity index (χ1n) is 5.55. The average Bonchev–Trinajstić information content (AvgIpc) is 2.25. The zero-order chi connectivity index (χ0) is 12.1. The molecular formula is C13H19BrO2. The fourth-order valence-corrected chi connectivity index (χ4v) is 2.10. The molecule has 0 amide bonds. The number of rotatable bonds is 5. The predicted octanol–water partition coefficient (Wildman–Crippen LogP) is 3.41. The van der Waals surface area contributed by atoms with E-state index in [4.69, 9.17) is 4.74 Å². The van der Waals surface area contributed by atoms with E-state index in [0.717, 1.165) is 23.1 Å². The molecule has 3 heteroatoms. The van der Waals surface area contributed by atoms with Gasteiger partial charge in [0.05, 0.1) is 17.7 Å². The smallest absolute Gasteiger partial charge is 0.133 e. The maximum atomic E-state index is 9.72. The molecule has 0 radical (unpaired) electrons. The highest BCUT2D eigenvalue weighted by molar-refractivity contribution is 9.10. The molecule has 0 spiro atoms. The fraction of sp³-hybridized carbons (Fsp3) is 0.538. The number of hydrogen-bond donors (Lipinski definition) is 1. The van der Waals surface area contributed by atoms with Gasteiger partial charge in [0, 0.05) is 0 Å². The molecule has 1 unspecified atom stereocenters. The van der Waals surface area contributed by atoms with Crippen molar-refractivity contribution in [1.29, 1.82) is 0 Å². The molecule has 1 aromatic carbocycles. The molecule has 0 saturated heterocycles. The molecule has 0 aromatic heterocycles. The van der Waals surface area contributed by atoms with Crippen molar-refractivity contribution in [3.8, 4) is 5.75 Å². The minimum absolute atomic E-state index is 0.221. The second kappa shape index (κ2) is 6.26. The molecule has 0 aliphatic heterocycles. The van der Waals surface area contributed by atoms with Gasteiger partial charge in [-0.15, -0.1) is 0 Å². The van der Waals surface area contributed by atoms with Crippen molar-refractivity contribution in [2.45, 2.75) is 32.8 Å². The molecule has 1 N–H and O–H groups in total. The third kappa shape index (κ3) is 3.80. The Bertz CT molecular complexity index is 337. The van der Waals surface area contributed by atoms with Crippen LogP contribution in [0, 0.1) is 5.92 Å². The molecule has 1 rings (SSSR count). The SMILES string of the molecule is COc1ccc(CCC(O)C(C)C)cc1Br.